The van der Waals surface area contributed by atoms with Gasteiger partial charge in [0.2, 0.25) is 0 Å². The Hall–Kier alpha value is -0.260. The van der Waals surface area contributed by atoms with Crippen molar-refractivity contribution in [3.63, 3.8) is 0 Å². The molecule has 0 aromatic rings. The summed E-state index contributed by atoms with van der Waals surface area (Å²) in [5.74, 6) is 1.50. The molecule has 4 nitrogen and oxygen atoms in total. The highest BCUT2D eigenvalue weighted by molar-refractivity contribution is 7.99. The van der Waals surface area contributed by atoms with Crippen LogP contribution < -0.4 is 0 Å². The van der Waals surface area contributed by atoms with Gasteiger partial charge in [0.05, 0.1) is 5.60 Å². The molecule has 2 saturated heterocycles. The molecule has 1 spiro atoms. The zero-order valence-electron chi connectivity index (χ0n) is 10.5. The summed E-state index contributed by atoms with van der Waals surface area (Å²) in [5, 5.41) is 9.06. The lowest BCUT2D eigenvalue weighted by atomic mass is 9.88. The number of hydrogen-bond donors (Lipinski definition) is 1. The fourth-order valence-corrected chi connectivity index (χ4v) is 4.08. The van der Waals surface area contributed by atoms with Gasteiger partial charge in [0.15, 0.2) is 0 Å². The third-order valence-electron chi connectivity index (χ3n) is 4.08. The molecule has 2 rings (SSSR count). The fraction of sp³-hybridized carbons (Fsp3) is 0.917. The largest absolute Gasteiger partial charge is 0.480 e. The van der Waals surface area contributed by atoms with Crippen molar-refractivity contribution in [1.29, 1.82) is 0 Å². The van der Waals surface area contributed by atoms with Crippen LogP contribution in [0.3, 0.4) is 0 Å². The van der Waals surface area contributed by atoms with Crippen molar-refractivity contribution >= 4 is 17.7 Å². The van der Waals surface area contributed by atoms with Gasteiger partial charge in [-0.1, -0.05) is 0 Å². The summed E-state index contributed by atoms with van der Waals surface area (Å²) in [6.07, 6.45) is 3.04. The fourth-order valence-electron chi connectivity index (χ4n) is 2.70. The second-order valence-corrected chi connectivity index (χ2v) is 6.27. The van der Waals surface area contributed by atoms with Crippen LogP contribution in [0.15, 0.2) is 0 Å². The molecule has 0 saturated carbocycles. The van der Waals surface area contributed by atoms with Gasteiger partial charge in [-0.15, -0.1) is 0 Å². The standard InChI is InChI=1S/C12H21NO3S/c1-9(11(14)15)13(2)10-3-5-16-12(7-10)4-6-17-8-12/h9-10H,3-8H2,1-2H3,(H,14,15). The summed E-state index contributed by atoms with van der Waals surface area (Å²) in [5.41, 5.74) is 0.0278. The van der Waals surface area contributed by atoms with E-state index >= 15 is 0 Å². The summed E-state index contributed by atoms with van der Waals surface area (Å²) < 4.78 is 5.95. The molecular weight excluding hydrogens is 238 g/mol. The van der Waals surface area contributed by atoms with Crippen molar-refractivity contribution in [1.82, 2.24) is 4.90 Å². The van der Waals surface area contributed by atoms with Crippen LogP contribution in [-0.2, 0) is 9.53 Å². The lowest BCUT2D eigenvalue weighted by Gasteiger charge is -2.42. The molecule has 0 radical (unpaired) electrons. The zero-order chi connectivity index (χ0) is 12.5. The van der Waals surface area contributed by atoms with Gasteiger partial charge in [-0.3, -0.25) is 9.69 Å². The second kappa shape index (κ2) is 5.16. The number of hydrogen-bond acceptors (Lipinski definition) is 4. The van der Waals surface area contributed by atoms with Gasteiger partial charge in [-0.05, 0) is 39.0 Å². The van der Waals surface area contributed by atoms with Crippen molar-refractivity contribution in [2.75, 3.05) is 25.2 Å². The van der Waals surface area contributed by atoms with E-state index in [1.807, 2.05) is 23.7 Å². The molecule has 5 heteroatoms. The first-order chi connectivity index (χ1) is 8.04. The number of ether oxygens (including phenoxy) is 1. The summed E-state index contributed by atoms with van der Waals surface area (Å²) in [7, 11) is 1.92. The Bertz CT molecular complexity index is 291. The van der Waals surface area contributed by atoms with Gasteiger partial charge in [0.1, 0.15) is 6.04 Å². The number of nitrogens with zero attached hydrogens (tertiary/aromatic N) is 1. The maximum absolute atomic E-state index is 11.0. The van der Waals surface area contributed by atoms with E-state index in [-0.39, 0.29) is 5.60 Å². The maximum Gasteiger partial charge on any atom is 0.320 e. The molecule has 17 heavy (non-hydrogen) atoms. The molecule has 3 unspecified atom stereocenters. The number of thioether (sulfide) groups is 1. The maximum atomic E-state index is 11.0. The molecule has 0 bridgehead atoms. The Morgan fingerprint density at radius 2 is 2.41 bits per heavy atom. The molecule has 0 aliphatic carbocycles. The highest BCUT2D eigenvalue weighted by Crippen LogP contribution is 2.39. The van der Waals surface area contributed by atoms with Crippen LogP contribution in [0, 0.1) is 0 Å². The van der Waals surface area contributed by atoms with Gasteiger partial charge in [0.25, 0.3) is 0 Å². The number of rotatable bonds is 3. The van der Waals surface area contributed by atoms with Crippen LogP contribution in [0.25, 0.3) is 0 Å². The average molecular weight is 259 g/mol. The quantitative estimate of drug-likeness (QED) is 0.831. The van der Waals surface area contributed by atoms with E-state index in [9.17, 15) is 4.79 Å². The molecule has 2 aliphatic rings. The molecule has 2 fully saturated rings. The minimum absolute atomic E-state index is 0.0278. The SMILES string of the molecule is CC(C(=O)O)N(C)C1CCOC2(CCSC2)C1. The summed E-state index contributed by atoms with van der Waals surface area (Å²) in [6.45, 7) is 2.52. The Labute approximate surface area is 107 Å². The van der Waals surface area contributed by atoms with E-state index in [4.69, 9.17) is 9.84 Å². The predicted octanol–water partition coefficient (Wildman–Crippen LogP) is 1.45. The number of carboxylic acids is 1. The van der Waals surface area contributed by atoms with Crippen LogP contribution in [0.4, 0.5) is 0 Å². The summed E-state index contributed by atoms with van der Waals surface area (Å²) in [4.78, 5) is 13.0. The summed E-state index contributed by atoms with van der Waals surface area (Å²) in [6, 6.07) is -0.0715. The van der Waals surface area contributed by atoms with Crippen LogP contribution >= 0.6 is 11.8 Å². The van der Waals surface area contributed by atoms with E-state index in [2.05, 4.69) is 0 Å². The van der Waals surface area contributed by atoms with E-state index in [0.717, 1.165) is 31.6 Å². The van der Waals surface area contributed by atoms with Crippen LogP contribution in [-0.4, -0.2) is 58.8 Å². The van der Waals surface area contributed by atoms with E-state index < -0.39 is 12.0 Å². The average Bonchev–Trinajstić information content (AvgIpc) is 2.75. The Morgan fingerprint density at radius 3 is 3.00 bits per heavy atom. The lowest BCUT2D eigenvalue weighted by molar-refractivity contribution is -0.146. The monoisotopic (exact) mass is 259 g/mol. The number of carboxylic acid groups (broad SMARTS) is 1. The van der Waals surface area contributed by atoms with Gasteiger partial charge in [-0.25, -0.2) is 0 Å². The van der Waals surface area contributed by atoms with E-state index in [1.54, 1.807) is 6.92 Å². The van der Waals surface area contributed by atoms with Crippen LogP contribution in [0.5, 0.6) is 0 Å². The molecule has 98 valence electrons. The van der Waals surface area contributed by atoms with Gasteiger partial charge in [0, 0.05) is 18.4 Å². The Kier molecular flexibility index (Phi) is 4.00. The summed E-state index contributed by atoms with van der Waals surface area (Å²) >= 11 is 1.95. The second-order valence-electron chi connectivity index (χ2n) is 5.16. The molecule has 0 amide bonds. The molecule has 0 aromatic heterocycles. The van der Waals surface area contributed by atoms with Gasteiger partial charge < -0.3 is 9.84 Å². The molecule has 2 aliphatic heterocycles. The first-order valence-corrected chi connectivity index (χ1v) is 7.36. The van der Waals surface area contributed by atoms with Crippen molar-refractivity contribution in [3.8, 4) is 0 Å². The number of likely N-dealkylation sites (N-methyl/N-ethyl adjacent to an activating group) is 1. The topological polar surface area (TPSA) is 49.8 Å². The smallest absolute Gasteiger partial charge is 0.320 e. The zero-order valence-corrected chi connectivity index (χ0v) is 11.3. The third kappa shape index (κ3) is 2.77. The van der Waals surface area contributed by atoms with Crippen molar-refractivity contribution < 1.29 is 14.6 Å². The molecule has 2 heterocycles. The molecule has 0 aromatic carbocycles. The molecular formula is C12H21NO3S. The molecule has 3 atom stereocenters. The highest BCUT2D eigenvalue weighted by Gasteiger charge is 2.42. The van der Waals surface area contributed by atoms with Crippen molar-refractivity contribution in [2.24, 2.45) is 0 Å². The van der Waals surface area contributed by atoms with Gasteiger partial charge >= 0.3 is 5.97 Å². The first kappa shape index (κ1) is 13.2. The van der Waals surface area contributed by atoms with Crippen molar-refractivity contribution in [3.05, 3.63) is 0 Å². The van der Waals surface area contributed by atoms with Crippen LogP contribution in [0.1, 0.15) is 26.2 Å². The Morgan fingerprint density at radius 1 is 1.65 bits per heavy atom. The normalized spacial score (nSPS) is 35.4. The predicted molar refractivity (Wildman–Crippen MR) is 68.5 cm³/mol. The Balaban J connectivity index is 1.99. The van der Waals surface area contributed by atoms with E-state index in [1.165, 1.54) is 5.75 Å². The number of carbonyl (C=O) groups is 1. The van der Waals surface area contributed by atoms with E-state index in [0.29, 0.717) is 6.04 Å². The lowest BCUT2D eigenvalue weighted by Crippen LogP contribution is -2.51. The minimum Gasteiger partial charge on any atom is -0.480 e. The van der Waals surface area contributed by atoms with Gasteiger partial charge in [-0.2, -0.15) is 11.8 Å². The molecule has 1 N–H and O–H groups in total. The highest BCUT2D eigenvalue weighted by atomic mass is 32.2. The third-order valence-corrected chi connectivity index (χ3v) is 5.30. The van der Waals surface area contributed by atoms with Crippen LogP contribution in [0.2, 0.25) is 0 Å². The minimum atomic E-state index is -0.742. The number of aliphatic carboxylic acids is 1. The van der Waals surface area contributed by atoms with Crippen molar-refractivity contribution in [2.45, 2.75) is 43.9 Å². The first-order valence-electron chi connectivity index (χ1n) is 6.20.